The average molecular weight is 377 g/mol. The molecule has 0 fully saturated rings. The summed E-state index contributed by atoms with van der Waals surface area (Å²) in [6, 6.07) is 5.90. The fourth-order valence-electron chi connectivity index (χ4n) is 1.91. The zero-order chi connectivity index (χ0) is 19.2. The number of ether oxygens (including phenoxy) is 2. The van der Waals surface area contributed by atoms with Crippen LogP contribution in [0.15, 0.2) is 48.1 Å². The zero-order valence-corrected chi connectivity index (χ0v) is 15.2. The highest BCUT2D eigenvalue weighted by Crippen LogP contribution is 2.18. The van der Waals surface area contributed by atoms with Crippen LogP contribution in [0.5, 0.6) is 5.88 Å². The number of carbonyl (C=O) groups excluding carboxylic acids is 1. The quantitative estimate of drug-likeness (QED) is 0.549. The Balaban J connectivity index is 1.99. The molecule has 2 rings (SSSR count). The molecule has 8 nitrogen and oxygen atoms in total. The van der Waals surface area contributed by atoms with Gasteiger partial charge in [0, 0.05) is 18.9 Å². The minimum absolute atomic E-state index is 0.171. The smallest absolute Gasteiger partial charge is 0.256 e. The molecule has 0 bridgehead atoms. The number of nitrogens with one attached hydrogen (secondary N) is 1. The molecule has 1 N–H and O–H groups in total. The number of rotatable bonds is 8. The van der Waals surface area contributed by atoms with E-state index in [2.05, 4.69) is 21.9 Å². The lowest BCUT2D eigenvalue weighted by Gasteiger charge is -2.08. The maximum atomic E-state index is 12.2. The van der Waals surface area contributed by atoms with Gasteiger partial charge in [0.25, 0.3) is 5.91 Å². The van der Waals surface area contributed by atoms with Crippen LogP contribution in [-0.2, 0) is 19.4 Å². The number of benzene rings is 1. The summed E-state index contributed by atoms with van der Waals surface area (Å²) in [4.78, 5) is 20.5. The van der Waals surface area contributed by atoms with Crippen LogP contribution in [0.25, 0.3) is 5.57 Å². The van der Waals surface area contributed by atoms with Crippen LogP contribution >= 0.6 is 0 Å². The van der Waals surface area contributed by atoms with E-state index in [0.717, 1.165) is 6.26 Å². The fraction of sp³-hybridized carbons (Fsp3) is 0.235. The Hall–Kier alpha value is -2.78. The number of carbonyl (C=O) groups is 1. The predicted octanol–water partition coefficient (Wildman–Crippen LogP) is 1.56. The summed E-state index contributed by atoms with van der Waals surface area (Å²) in [6.45, 7) is 4.51. The molecule has 0 saturated heterocycles. The first-order valence-corrected chi connectivity index (χ1v) is 9.45. The highest BCUT2D eigenvalue weighted by molar-refractivity contribution is 7.90. The van der Waals surface area contributed by atoms with Gasteiger partial charge in [-0.2, -0.15) is 0 Å². The minimum atomic E-state index is -3.29. The summed E-state index contributed by atoms with van der Waals surface area (Å²) in [6.07, 6.45) is 3.86. The molecule has 0 unspecified atom stereocenters. The topological polar surface area (TPSA) is 107 Å². The van der Waals surface area contributed by atoms with Crippen molar-refractivity contribution in [2.75, 3.05) is 31.9 Å². The van der Waals surface area contributed by atoms with Crippen LogP contribution in [0, 0.1) is 0 Å². The van der Waals surface area contributed by atoms with Crippen molar-refractivity contribution in [3.05, 3.63) is 48.8 Å². The number of hydrogen-bond donors (Lipinski definition) is 1. The first-order chi connectivity index (χ1) is 12.3. The maximum Gasteiger partial charge on any atom is 0.256 e. The molecular weight excluding hydrogens is 358 g/mol. The molecule has 0 aliphatic carbocycles. The zero-order valence-electron chi connectivity index (χ0n) is 14.4. The van der Waals surface area contributed by atoms with Gasteiger partial charge in [-0.1, -0.05) is 18.7 Å². The maximum absolute atomic E-state index is 12.2. The molecule has 1 amide bonds. The molecule has 0 spiro atoms. The number of anilines is 1. The second-order valence-electron chi connectivity index (χ2n) is 5.31. The summed E-state index contributed by atoms with van der Waals surface area (Å²) >= 11 is 0. The molecule has 9 heteroatoms. The van der Waals surface area contributed by atoms with E-state index in [9.17, 15) is 13.2 Å². The molecule has 1 heterocycles. The summed E-state index contributed by atoms with van der Waals surface area (Å²) < 4.78 is 33.1. The van der Waals surface area contributed by atoms with Gasteiger partial charge in [0.2, 0.25) is 5.88 Å². The summed E-state index contributed by atoms with van der Waals surface area (Å²) in [5.74, 6) is 0.0812. The van der Waals surface area contributed by atoms with Crippen molar-refractivity contribution in [3.8, 4) is 5.88 Å². The van der Waals surface area contributed by atoms with Gasteiger partial charge in [0.15, 0.2) is 15.7 Å². The molecule has 0 saturated carbocycles. The normalized spacial score (nSPS) is 11.0. The monoisotopic (exact) mass is 377 g/mol. The average Bonchev–Trinajstić information content (AvgIpc) is 2.62. The Morgan fingerprint density at radius 2 is 1.85 bits per heavy atom. The third-order valence-corrected chi connectivity index (χ3v) is 4.44. The molecule has 1 aromatic carbocycles. The SMILES string of the molecule is C=C(C(=O)Nc1cnc(OCCOC)cn1)c1ccc(S(C)(=O)=O)cc1. The standard InChI is InChI=1S/C17H19N3O5S/c1-12(13-4-6-14(7-5-13)26(3,22)23)17(21)20-15-10-19-16(11-18-15)25-9-8-24-2/h4-7,10-11H,1,8-9H2,2-3H3,(H,18,20,21). The van der Waals surface area contributed by atoms with Crippen LogP contribution in [0.2, 0.25) is 0 Å². The largest absolute Gasteiger partial charge is 0.474 e. The molecule has 0 radical (unpaired) electrons. The number of aromatic nitrogens is 2. The third-order valence-electron chi connectivity index (χ3n) is 3.31. The Morgan fingerprint density at radius 1 is 1.15 bits per heavy atom. The van der Waals surface area contributed by atoms with Gasteiger partial charge in [-0.15, -0.1) is 0 Å². The number of nitrogens with zero attached hydrogens (tertiary/aromatic N) is 2. The highest BCUT2D eigenvalue weighted by Gasteiger charge is 2.13. The van der Waals surface area contributed by atoms with E-state index in [1.54, 1.807) is 7.11 Å². The van der Waals surface area contributed by atoms with Gasteiger partial charge in [0.1, 0.15) is 6.61 Å². The summed E-state index contributed by atoms with van der Waals surface area (Å²) in [7, 11) is -1.73. The molecular formula is C17H19N3O5S. The first-order valence-electron chi connectivity index (χ1n) is 7.56. The van der Waals surface area contributed by atoms with Crippen molar-refractivity contribution in [1.29, 1.82) is 0 Å². The number of sulfone groups is 1. The molecule has 138 valence electrons. The highest BCUT2D eigenvalue weighted by atomic mass is 32.2. The molecule has 0 aliphatic heterocycles. The van der Waals surface area contributed by atoms with Crippen LogP contribution < -0.4 is 10.1 Å². The lowest BCUT2D eigenvalue weighted by atomic mass is 10.1. The number of hydrogen-bond acceptors (Lipinski definition) is 7. The van der Waals surface area contributed by atoms with E-state index in [1.165, 1.54) is 36.7 Å². The third kappa shape index (κ3) is 5.36. The lowest BCUT2D eigenvalue weighted by Crippen LogP contribution is -2.14. The van der Waals surface area contributed by atoms with Crippen LogP contribution in [0.3, 0.4) is 0 Å². The second kappa shape index (κ2) is 8.54. The van der Waals surface area contributed by atoms with Gasteiger partial charge in [-0.25, -0.2) is 18.4 Å². The molecule has 26 heavy (non-hydrogen) atoms. The first kappa shape index (κ1) is 19.5. The van der Waals surface area contributed by atoms with Crippen LogP contribution in [0.4, 0.5) is 5.82 Å². The predicted molar refractivity (Wildman–Crippen MR) is 96.6 cm³/mol. The van der Waals surface area contributed by atoms with E-state index in [4.69, 9.17) is 9.47 Å². The van der Waals surface area contributed by atoms with Crippen molar-refractivity contribution in [2.24, 2.45) is 0 Å². The van der Waals surface area contributed by atoms with E-state index in [1.807, 2.05) is 0 Å². The number of methoxy groups -OCH3 is 1. The van der Waals surface area contributed by atoms with Crippen molar-refractivity contribution < 1.29 is 22.7 Å². The van der Waals surface area contributed by atoms with Gasteiger partial charge in [-0.3, -0.25) is 4.79 Å². The van der Waals surface area contributed by atoms with E-state index in [-0.39, 0.29) is 16.3 Å². The van der Waals surface area contributed by atoms with Gasteiger partial charge < -0.3 is 14.8 Å². The summed E-state index contributed by atoms with van der Waals surface area (Å²) in [5.41, 5.74) is 0.676. The van der Waals surface area contributed by atoms with E-state index in [0.29, 0.717) is 24.7 Å². The minimum Gasteiger partial charge on any atom is -0.474 e. The van der Waals surface area contributed by atoms with Crippen molar-refractivity contribution >= 4 is 27.1 Å². The second-order valence-corrected chi connectivity index (χ2v) is 7.33. The van der Waals surface area contributed by atoms with E-state index < -0.39 is 15.7 Å². The summed E-state index contributed by atoms with van der Waals surface area (Å²) in [5, 5.41) is 2.57. The van der Waals surface area contributed by atoms with E-state index >= 15 is 0 Å². The Labute approximate surface area is 151 Å². The lowest BCUT2D eigenvalue weighted by molar-refractivity contribution is -0.111. The van der Waals surface area contributed by atoms with Crippen LogP contribution in [-0.4, -0.2) is 50.9 Å². The van der Waals surface area contributed by atoms with Gasteiger partial charge in [0.05, 0.1) is 23.9 Å². The van der Waals surface area contributed by atoms with Crippen molar-refractivity contribution in [2.45, 2.75) is 4.90 Å². The van der Waals surface area contributed by atoms with Crippen molar-refractivity contribution in [1.82, 2.24) is 9.97 Å². The van der Waals surface area contributed by atoms with Gasteiger partial charge >= 0.3 is 0 Å². The molecule has 0 aliphatic rings. The van der Waals surface area contributed by atoms with Gasteiger partial charge in [-0.05, 0) is 17.7 Å². The van der Waals surface area contributed by atoms with Crippen LogP contribution in [0.1, 0.15) is 5.56 Å². The number of amides is 1. The molecule has 1 aromatic heterocycles. The van der Waals surface area contributed by atoms with Crippen molar-refractivity contribution in [3.63, 3.8) is 0 Å². The fourth-order valence-corrected chi connectivity index (χ4v) is 2.54. The molecule has 0 atom stereocenters. The Bertz CT molecular complexity index is 878. The molecule has 2 aromatic rings. The Kier molecular flexibility index (Phi) is 6.42. The Morgan fingerprint density at radius 3 is 2.38 bits per heavy atom.